The van der Waals surface area contributed by atoms with Gasteiger partial charge < -0.3 is 19.7 Å². The Balaban J connectivity index is 1.37. The quantitative estimate of drug-likeness (QED) is 0.573. The van der Waals surface area contributed by atoms with Crippen molar-refractivity contribution in [1.82, 2.24) is 4.90 Å². The van der Waals surface area contributed by atoms with Crippen molar-refractivity contribution in [2.75, 3.05) is 32.6 Å². The summed E-state index contributed by atoms with van der Waals surface area (Å²) in [5.41, 5.74) is 2.11. The average molecular weight is 425 g/mol. The van der Waals surface area contributed by atoms with Gasteiger partial charge in [0.25, 0.3) is 0 Å². The third kappa shape index (κ3) is 7.00. The lowest BCUT2D eigenvalue weighted by Crippen LogP contribution is -2.40. The summed E-state index contributed by atoms with van der Waals surface area (Å²) >= 11 is 0. The van der Waals surface area contributed by atoms with E-state index in [0.717, 1.165) is 25.9 Å². The zero-order chi connectivity index (χ0) is 22.1. The Kier molecular flexibility index (Phi) is 8.77. The molecule has 0 aliphatic carbocycles. The molecule has 1 N–H and O–H groups in total. The maximum Gasteiger partial charge on any atom is 0.224 e. The Hall–Kier alpha value is -2.53. The van der Waals surface area contributed by atoms with Crippen LogP contribution in [-0.4, -0.2) is 44.2 Å². The number of hydrogen-bond donors (Lipinski definition) is 1. The monoisotopic (exact) mass is 424 g/mol. The SMILES string of the molecule is COc1ccc(NC(=O)CCC2CCN([C@@H](C)CCc3ccccc3)CC2)c(OC)c1. The maximum atomic E-state index is 12.5. The summed E-state index contributed by atoms with van der Waals surface area (Å²) < 4.78 is 10.6. The van der Waals surface area contributed by atoms with Gasteiger partial charge in [-0.05, 0) is 75.7 Å². The van der Waals surface area contributed by atoms with Gasteiger partial charge in [0.1, 0.15) is 11.5 Å². The van der Waals surface area contributed by atoms with Gasteiger partial charge in [0.15, 0.2) is 0 Å². The molecule has 1 atom stereocenters. The van der Waals surface area contributed by atoms with Gasteiger partial charge in [0, 0.05) is 18.5 Å². The van der Waals surface area contributed by atoms with Crippen LogP contribution in [0.3, 0.4) is 0 Å². The van der Waals surface area contributed by atoms with E-state index in [-0.39, 0.29) is 5.91 Å². The lowest BCUT2D eigenvalue weighted by atomic mass is 9.91. The highest BCUT2D eigenvalue weighted by molar-refractivity contribution is 5.92. The fraction of sp³-hybridized carbons (Fsp3) is 0.500. The molecule has 2 aromatic carbocycles. The lowest BCUT2D eigenvalue weighted by molar-refractivity contribution is -0.116. The van der Waals surface area contributed by atoms with E-state index in [1.807, 2.05) is 12.1 Å². The molecule has 3 rings (SSSR count). The Morgan fingerprint density at radius 3 is 2.52 bits per heavy atom. The molecule has 168 valence electrons. The number of nitrogens with one attached hydrogen (secondary N) is 1. The van der Waals surface area contributed by atoms with E-state index in [2.05, 4.69) is 47.5 Å². The predicted molar refractivity (Wildman–Crippen MR) is 126 cm³/mol. The average Bonchev–Trinajstić information content (AvgIpc) is 2.82. The summed E-state index contributed by atoms with van der Waals surface area (Å²) in [5, 5.41) is 2.98. The number of nitrogens with zero attached hydrogens (tertiary/aromatic N) is 1. The number of hydrogen-bond acceptors (Lipinski definition) is 4. The molecule has 1 saturated heterocycles. The minimum absolute atomic E-state index is 0.0436. The third-order valence-corrected chi connectivity index (χ3v) is 6.43. The summed E-state index contributed by atoms with van der Waals surface area (Å²) in [7, 11) is 3.21. The molecule has 0 bridgehead atoms. The van der Waals surface area contributed by atoms with E-state index < -0.39 is 0 Å². The van der Waals surface area contributed by atoms with Crippen LogP contribution < -0.4 is 14.8 Å². The third-order valence-electron chi connectivity index (χ3n) is 6.43. The first-order valence-corrected chi connectivity index (χ1v) is 11.4. The number of carbonyl (C=O) groups is 1. The highest BCUT2D eigenvalue weighted by atomic mass is 16.5. The molecule has 1 heterocycles. The molecule has 0 unspecified atom stereocenters. The minimum atomic E-state index is 0.0436. The van der Waals surface area contributed by atoms with Crippen LogP contribution in [0.4, 0.5) is 5.69 Å². The van der Waals surface area contributed by atoms with Crippen LogP contribution in [-0.2, 0) is 11.2 Å². The van der Waals surface area contributed by atoms with Gasteiger partial charge >= 0.3 is 0 Å². The summed E-state index contributed by atoms with van der Waals surface area (Å²) in [6.45, 7) is 4.61. The maximum absolute atomic E-state index is 12.5. The first-order valence-electron chi connectivity index (χ1n) is 11.4. The van der Waals surface area contributed by atoms with Gasteiger partial charge in [-0.15, -0.1) is 0 Å². The molecule has 1 aliphatic heterocycles. The molecule has 0 aromatic heterocycles. The van der Waals surface area contributed by atoms with Gasteiger partial charge in [-0.3, -0.25) is 4.79 Å². The van der Waals surface area contributed by atoms with Crippen molar-refractivity contribution in [3.05, 3.63) is 54.1 Å². The van der Waals surface area contributed by atoms with Crippen LogP contribution >= 0.6 is 0 Å². The van der Waals surface area contributed by atoms with Gasteiger partial charge in [0.05, 0.1) is 19.9 Å². The van der Waals surface area contributed by atoms with Crippen molar-refractivity contribution in [3.8, 4) is 11.5 Å². The Bertz CT molecular complexity index is 817. The Labute approximate surface area is 186 Å². The van der Waals surface area contributed by atoms with E-state index in [1.165, 1.54) is 24.8 Å². The Morgan fingerprint density at radius 2 is 1.84 bits per heavy atom. The van der Waals surface area contributed by atoms with Crippen LogP contribution in [0.15, 0.2) is 48.5 Å². The number of amides is 1. The molecule has 5 nitrogen and oxygen atoms in total. The fourth-order valence-corrected chi connectivity index (χ4v) is 4.33. The van der Waals surface area contributed by atoms with Crippen molar-refractivity contribution < 1.29 is 14.3 Å². The standard InChI is InChI=1S/C26H36N2O3/c1-20(9-10-21-7-5-4-6-8-21)28-17-15-22(16-18-28)11-14-26(29)27-24-13-12-23(30-2)19-25(24)31-3/h4-8,12-13,19-20,22H,9-11,14-18H2,1-3H3,(H,27,29)/t20-/m0/s1. The van der Waals surface area contributed by atoms with E-state index >= 15 is 0 Å². The normalized spacial score (nSPS) is 16.0. The molecular weight excluding hydrogens is 388 g/mol. The second-order valence-electron chi connectivity index (χ2n) is 8.51. The molecular formula is C26H36N2O3. The van der Waals surface area contributed by atoms with E-state index in [1.54, 1.807) is 20.3 Å². The number of piperidine rings is 1. The number of anilines is 1. The lowest BCUT2D eigenvalue weighted by Gasteiger charge is -2.36. The van der Waals surface area contributed by atoms with E-state index in [4.69, 9.17) is 9.47 Å². The molecule has 0 spiro atoms. The second kappa shape index (κ2) is 11.8. The topological polar surface area (TPSA) is 50.8 Å². The number of rotatable bonds is 10. The summed E-state index contributed by atoms with van der Waals surface area (Å²) in [6.07, 6.45) is 6.17. The second-order valence-corrected chi connectivity index (χ2v) is 8.51. The van der Waals surface area contributed by atoms with Crippen molar-refractivity contribution in [2.45, 2.75) is 51.5 Å². The number of carbonyl (C=O) groups excluding carboxylic acids is 1. The molecule has 0 radical (unpaired) electrons. The van der Waals surface area contributed by atoms with Crippen molar-refractivity contribution in [2.24, 2.45) is 5.92 Å². The highest BCUT2D eigenvalue weighted by Gasteiger charge is 2.23. The van der Waals surface area contributed by atoms with Crippen molar-refractivity contribution >= 4 is 11.6 Å². The summed E-state index contributed by atoms with van der Waals surface area (Å²) in [5.74, 6) is 1.99. The van der Waals surface area contributed by atoms with Gasteiger partial charge in [-0.2, -0.15) is 0 Å². The molecule has 1 aliphatic rings. The number of likely N-dealkylation sites (tertiary alicyclic amines) is 1. The number of benzene rings is 2. The van der Waals surface area contributed by atoms with Gasteiger partial charge in [0.2, 0.25) is 5.91 Å². The van der Waals surface area contributed by atoms with Gasteiger partial charge in [-0.25, -0.2) is 0 Å². The van der Waals surface area contributed by atoms with E-state index in [9.17, 15) is 4.79 Å². The first kappa shape index (κ1) is 23.1. The fourth-order valence-electron chi connectivity index (χ4n) is 4.33. The first-order chi connectivity index (χ1) is 15.1. The molecule has 5 heteroatoms. The van der Waals surface area contributed by atoms with Crippen LogP contribution in [0.25, 0.3) is 0 Å². The van der Waals surface area contributed by atoms with Crippen LogP contribution in [0.2, 0.25) is 0 Å². The molecule has 0 saturated carbocycles. The molecule has 1 fully saturated rings. The zero-order valence-corrected chi connectivity index (χ0v) is 19.1. The minimum Gasteiger partial charge on any atom is -0.497 e. The zero-order valence-electron chi connectivity index (χ0n) is 19.1. The highest BCUT2D eigenvalue weighted by Crippen LogP contribution is 2.30. The molecule has 1 amide bonds. The van der Waals surface area contributed by atoms with Gasteiger partial charge in [-0.1, -0.05) is 30.3 Å². The van der Waals surface area contributed by atoms with Crippen LogP contribution in [0.1, 0.15) is 44.6 Å². The Morgan fingerprint density at radius 1 is 1.10 bits per heavy atom. The molecule has 2 aromatic rings. The predicted octanol–water partition coefficient (Wildman–Crippen LogP) is 5.16. The van der Waals surface area contributed by atoms with E-state index in [0.29, 0.717) is 35.6 Å². The molecule has 31 heavy (non-hydrogen) atoms. The number of methoxy groups -OCH3 is 2. The summed E-state index contributed by atoms with van der Waals surface area (Å²) in [4.78, 5) is 15.1. The van der Waals surface area contributed by atoms with Crippen molar-refractivity contribution in [3.63, 3.8) is 0 Å². The van der Waals surface area contributed by atoms with Crippen LogP contribution in [0, 0.1) is 5.92 Å². The largest absolute Gasteiger partial charge is 0.497 e. The van der Waals surface area contributed by atoms with Crippen LogP contribution in [0.5, 0.6) is 11.5 Å². The summed E-state index contributed by atoms with van der Waals surface area (Å²) in [6, 6.07) is 16.8. The number of aryl methyl sites for hydroxylation is 1. The van der Waals surface area contributed by atoms with Crippen molar-refractivity contribution in [1.29, 1.82) is 0 Å². The smallest absolute Gasteiger partial charge is 0.224 e. The number of ether oxygens (including phenoxy) is 2.